The quantitative estimate of drug-likeness (QED) is 0.799. The molecule has 1 rings (SSSR count). The highest BCUT2D eigenvalue weighted by Crippen LogP contribution is 2.20. The maximum Gasteiger partial charge on any atom is 0.182 e. The summed E-state index contributed by atoms with van der Waals surface area (Å²) in [6.45, 7) is 0.298. The van der Waals surface area contributed by atoms with Crippen LogP contribution in [0.1, 0.15) is 5.56 Å². The van der Waals surface area contributed by atoms with Crippen LogP contribution in [0.5, 0.6) is 0 Å². The van der Waals surface area contributed by atoms with Crippen LogP contribution < -0.4 is 11.1 Å². The summed E-state index contributed by atoms with van der Waals surface area (Å²) >= 11 is 4.58. The molecule has 0 amide bonds. The lowest BCUT2D eigenvalue weighted by molar-refractivity contribution is 0.509. The normalized spacial score (nSPS) is 12.2. The first-order valence-electron chi connectivity index (χ1n) is 4.75. The molecular weight excluding hydrogens is 266 g/mol. The van der Waals surface area contributed by atoms with Crippen molar-refractivity contribution in [3.05, 3.63) is 29.3 Å². The zero-order valence-corrected chi connectivity index (χ0v) is 10.8. The first kappa shape index (κ1) is 14.0. The smallest absolute Gasteiger partial charge is 0.182 e. The van der Waals surface area contributed by atoms with Crippen molar-refractivity contribution in [2.75, 3.05) is 23.9 Å². The molecule has 1 atom stereocenters. The molecule has 0 radical (unpaired) electrons. The summed E-state index contributed by atoms with van der Waals surface area (Å²) in [5.74, 6) is -1.74. The molecule has 0 saturated heterocycles. The second-order valence-corrected chi connectivity index (χ2v) is 5.35. The van der Waals surface area contributed by atoms with Crippen molar-refractivity contribution in [1.29, 1.82) is 0 Å². The van der Waals surface area contributed by atoms with Crippen molar-refractivity contribution in [3.8, 4) is 0 Å². The Morgan fingerprint density at radius 2 is 2.12 bits per heavy atom. The van der Waals surface area contributed by atoms with Gasteiger partial charge in [-0.25, -0.2) is 8.78 Å². The molecule has 7 heteroatoms. The number of halogens is 2. The molecule has 0 fully saturated rings. The molecule has 0 saturated carbocycles. The molecule has 0 heterocycles. The van der Waals surface area contributed by atoms with Crippen LogP contribution in [-0.4, -0.2) is 27.8 Å². The zero-order valence-electron chi connectivity index (χ0n) is 9.13. The van der Waals surface area contributed by atoms with Crippen molar-refractivity contribution in [3.63, 3.8) is 0 Å². The van der Waals surface area contributed by atoms with Gasteiger partial charge in [-0.1, -0.05) is 12.2 Å². The Balaban J connectivity index is 2.85. The van der Waals surface area contributed by atoms with Gasteiger partial charge >= 0.3 is 0 Å². The Bertz CT molecular complexity index is 466. The Kier molecular flexibility index (Phi) is 4.95. The van der Waals surface area contributed by atoms with Gasteiger partial charge in [-0.2, -0.15) is 0 Å². The number of anilines is 1. The van der Waals surface area contributed by atoms with E-state index >= 15 is 0 Å². The van der Waals surface area contributed by atoms with Crippen LogP contribution in [-0.2, 0) is 10.8 Å². The van der Waals surface area contributed by atoms with Crippen molar-refractivity contribution in [2.45, 2.75) is 0 Å². The molecule has 0 spiro atoms. The van der Waals surface area contributed by atoms with Gasteiger partial charge in [-0.05, 0) is 12.1 Å². The van der Waals surface area contributed by atoms with Gasteiger partial charge in [0.15, 0.2) is 11.6 Å². The second kappa shape index (κ2) is 6.02. The predicted octanol–water partition coefficient (Wildman–Crippen LogP) is 1.39. The number of nitrogens with two attached hydrogens (primary N) is 1. The molecule has 0 aliphatic heterocycles. The minimum atomic E-state index is -1.07. The van der Waals surface area contributed by atoms with E-state index in [-0.39, 0.29) is 16.2 Å². The van der Waals surface area contributed by atoms with E-state index in [2.05, 4.69) is 17.5 Å². The molecule has 0 aliphatic carbocycles. The van der Waals surface area contributed by atoms with Crippen molar-refractivity contribution < 1.29 is 13.0 Å². The van der Waals surface area contributed by atoms with Crippen LogP contribution in [0.25, 0.3) is 0 Å². The van der Waals surface area contributed by atoms with Gasteiger partial charge in [-0.3, -0.25) is 4.21 Å². The van der Waals surface area contributed by atoms with Crippen molar-refractivity contribution >= 4 is 33.7 Å². The van der Waals surface area contributed by atoms with Gasteiger partial charge in [0, 0.05) is 34.9 Å². The number of hydrogen-bond acceptors (Lipinski definition) is 3. The van der Waals surface area contributed by atoms with Crippen LogP contribution in [0.15, 0.2) is 12.1 Å². The molecule has 1 aromatic rings. The topological polar surface area (TPSA) is 55.1 Å². The van der Waals surface area contributed by atoms with Gasteiger partial charge in [0.1, 0.15) is 4.99 Å². The van der Waals surface area contributed by atoms with Crippen molar-refractivity contribution in [1.82, 2.24) is 0 Å². The van der Waals surface area contributed by atoms with Gasteiger partial charge in [0.25, 0.3) is 0 Å². The van der Waals surface area contributed by atoms with Gasteiger partial charge in [0.2, 0.25) is 0 Å². The van der Waals surface area contributed by atoms with Crippen LogP contribution in [0.3, 0.4) is 0 Å². The summed E-state index contributed by atoms with van der Waals surface area (Å²) in [5, 5.41) is 2.66. The molecule has 3 nitrogen and oxygen atoms in total. The Morgan fingerprint density at radius 3 is 2.65 bits per heavy atom. The molecule has 3 N–H and O–H groups in total. The fourth-order valence-corrected chi connectivity index (χ4v) is 1.75. The minimum absolute atomic E-state index is 0.00736. The summed E-state index contributed by atoms with van der Waals surface area (Å²) in [7, 11) is -0.982. The maximum atomic E-state index is 13.5. The van der Waals surface area contributed by atoms with E-state index in [9.17, 15) is 13.0 Å². The molecule has 0 bridgehead atoms. The third kappa shape index (κ3) is 3.71. The number of thiocarbonyl (C=S) groups is 1. The largest absolute Gasteiger partial charge is 0.389 e. The summed E-state index contributed by atoms with van der Waals surface area (Å²) in [5.41, 5.74) is 5.12. The molecule has 0 aliphatic rings. The number of benzene rings is 1. The summed E-state index contributed by atoms with van der Waals surface area (Å²) in [4.78, 5) is -0.192. The lowest BCUT2D eigenvalue weighted by atomic mass is 10.2. The fourth-order valence-electron chi connectivity index (χ4n) is 1.21. The second-order valence-electron chi connectivity index (χ2n) is 3.36. The minimum Gasteiger partial charge on any atom is -0.389 e. The van der Waals surface area contributed by atoms with Gasteiger partial charge < -0.3 is 11.1 Å². The molecule has 94 valence electrons. The van der Waals surface area contributed by atoms with Crippen LogP contribution in [0, 0.1) is 11.6 Å². The lowest BCUT2D eigenvalue weighted by Gasteiger charge is -2.09. The van der Waals surface area contributed by atoms with E-state index in [1.54, 1.807) is 0 Å². The predicted molar refractivity (Wildman–Crippen MR) is 69.7 cm³/mol. The summed E-state index contributed by atoms with van der Waals surface area (Å²) < 4.78 is 37.8. The highest BCUT2D eigenvalue weighted by Gasteiger charge is 2.14. The van der Waals surface area contributed by atoms with E-state index in [0.29, 0.717) is 12.3 Å². The third-order valence-corrected chi connectivity index (χ3v) is 3.05. The number of hydrogen-bond donors (Lipinski definition) is 2. The van der Waals surface area contributed by atoms with E-state index in [4.69, 9.17) is 5.73 Å². The summed E-state index contributed by atoms with van der Waals surface area (Å²) in [6.07, 6.45) is 1.54. The Morgan fingerprint density at radius 1 is 1.47 bits per heavy atom. The first-order chi connectivity index (χ1) is 7.93. The monoisotopic (exact) mass is 278 g/mol. The lowest BCUT2D eigenvalue weighted by Crippen LogP contribution is -2.15. The molecule has 0 aromatic heterocycles. The maximum absolute atomic E-state index is 13.5. The molecular formula is C10H12F2N2OS2. The molecule has 17 heavy (non-hydrogen) atoms. The SMILES string of the molecule is CS(=O)CCNc1ccc(C(N)=S)c(F)c1F. The third-order valence-electron chi connectivity index (χ3n) is 2.05. The Hall–Kier alpha value is -1.08. The first-order valence-corrected chi connectivity index (χ1v) is 6.88. The highest BCUT2D eigenvalue weighted by molar-refractivity contribution is 7.84. The Labute approximate surface area is 106 Å². The number of rotatable bonds is 5. The van der Waals surface area contributed by atoms with Crippen LogP contribution >= 0.6 is 12.2 Å². The van der Waals surface area contributed by atoms with E-state index in [0.717, 1.165) is 0 Å². The molecule has 1 unspecified atom stereocenters. The average molecular weight is 278 g/mol. The standard InChI is InChI=1S/C10H12F2N2OS2/c1-17(15)5-4-14-7-3-2-6(10(13)16)8(11)9(7)12/h2-3,14H,4-5H2,1H3,(H2,13,16). The van der Waals surface area contributed by atoms with E-state index in [1.807, 2.05) is 0 Å². The van der Waals surface area contributed by atoms with Crippen LogP contribution in [0.4, 0.5) is 14.5 Å². The summed E-state index contributed by atoms with van der Waals surface area (Å²) in [6, 6.07) is 2.66. The highest BCUT2D eigenvalue weighted by atomic mass is 32.2. The molecule has 1 aromatic carbocycles. The van der Waals surface area contributed by atoms with Gasteiger partial charge in [0.05, 0.1) is 5.69 Å². The van der Waals surface area contributed by atoms with E-state index in [1.165, 1.54) is 18.4 Å². The fraction of sp³-hybridized carbons (Fsp3) is 0.300. The van der Waals surface area contributed by atoms with Crippen LogP contribution in [0.2, 0.25) is 0 Å². The van der Waals surface area contributed by atoms with E-state index < -0.39 is 22.4 Å². The average Bonchev–Trinajstić information content (AvgIpc) is 2.23. The van der Waals surface area contributed by atoms with Crippen molar-refractivity contribution in [2.24, 2.45) is 5.73 Å². The van der Waals surface area contributed by atoms with Gasteiger partial charge in [-0.15, -0.1) is 0 Å². The number of nitrogens with one attached hydrogen (secondary N) is 1. The zero-order chi connectivity index (χ0) is 13.0.